The molecule has 2 heteroatoms. The summed E-state index contributed by atoms with van der Waals surface area (Å²) >= 11 is 1.93. The van der Waals surface area contributed by atoms with Gasteiger partial charge in [0.1, 0.15) is 0 Å². The van der Waals surface area contributed by atoms with Crippen molar-refractivity contribution in [2.45, 2.75) is 59.3 Å². The monoisotopic (exact) mass is 258 g/mol. The van der Waals surface area contributed by atoms with E-state index in [1.54, 1.807) is 0 Å². The van der Waals surface area contributed by atoms with Crippen molar-refractivity contribution in [2.24, 2.45) is 11.8 Å². The van der Waals surface area contributed by atoms with E-state index in [0.29, 0.717) is 17.3 Å². The number of thioether (sulfide) groups is 1. The van der Waals surface area contributed by atoms with Crippen molar-refractivity contribution < 1.29 is 4.74 Å². The molecule has 3 unspecified atom stereocenters. The Kier molecular flexibility index (Phi) is 11.2. The second kappa shape index (κ2) is 11.2. The van der Waals surface area contributed by atoms with Crippen molar-refractivity contribution in [1.82, 2.24) is 0 Å². The van der Waals surface area contributed by atoms with Gasteiger partial charge in [-0.3, -0.25) is 0 Å². The van der Waals surface area contributed by atoms with Gasteiger partial charge in [0, 0.05) is 0 Å². The lowest BCUT2D eigenvalue weighted by atomic mass is 9.96. The Morgan fingerprint density at radius 2 is 1.88 bits per heavy atom. The van der Waals surface area contributed by atoms with Crippen LogP contribution in [0.1, 0.15) is 53.9 Å². The predicted octanol–water partition coefficient (Wildman–Crippen LogP) is 5.12. The summed E-state index contributed by atoms with van der Waals surface area (Å²) in [5.74, 6) is 2.44. The summed E-state index contributed by atoms with van der Waals surface area (Å²) in [5.41, 5.74) is 0.339. The van der Waals surface area contributed by atoms with Crippen molar-refractivity contribution in [1.29, 1.82) is 0 Å². The van der Waals surface area contributed by atoms with E-state index >= 15 is 0 Å². The quantitative estimate of drug-likeness (QED) is 0.305. The van der Waals surface area contributed by atoms with Crippen LogP contribution in [-0.4, -0.2) is 17.8 Å². The van der Waals surface area contributed by atoms with Gasteiger partial charge in [-0.15, -0.1) is 11.8 Å². The summed E-state index contributed by atoms with van der Waals surface area (Å²) < 4.78 is 5.88. The molecule has 17 heavy (non-hydrogen) atoms. The average molecular weight is 258 g/mol. The zero-order valence-corrected chi connectivity index (χ0v) is 13.1. The van der Waals surface area contributed by atoms with Crippen LogP contribution < -0.4 is 0 Å². The molecule has 0 bridgehead atoms. The largest absolute Gasteiger partial charge is 0.368 e. The number of unbranched alkanes of at least 4 members (excludes halogenated alkanes) is 1. The van der Waals surface area contributed by atoms with Crippen molar-refractivity contribution >= 4 is 11.8 Å². The maximum Gasteiger partial charge on any atom is 0.0999 e. The van der Waals surface area contributed by atoms with E-state index in [-0.39, 0.29) is 0 Å². The van der Waals surface area contributed by atoms with E-state index in [0.717, 1.165) is 13.0 Å². The molecule has 3 atom stereocenters. The molecule has 0 radical (unpaired) electrons. The normalized spacial score (nSPS) is 17.2. The van der Waals surface area contributed by atoms with E-state index in [4.69, 9.17) is 4.74 Å². The highest BCUT2D eigenvalue weighted by Crippen LogP contribution is 2.18. The van der Waals surface area contributed by atoms with Gasteiger partial charge in [0.15, 0.2) is 0 Å². The molecular weight excluding hydrogens is 228 g/mol. The minimum atomic E-state index is 0.339. The van der Waals surface area contributed by atoms with Crippen LogP contribution in [0.4, 0.5) is 0 Å². The van der Waals surface area contributed by atoms with Gasteiger partial charge in [0.25, 0.3) is 0 Å². The zero-order chi connectivity index (χ0) is 13.1. The SMILES string of the molecule is CCC=CC(C)C(C)COC(C)SCCCC. The minimum absolute atomic E-state index is 0.339. The van der Waals surface area contributed by atoms with Crippen molar-refractivity contribution in [3.63, 3.8) is 0 Å². The molecule has 102 valence electrons. The van der Waals surface area contributed by atoms with Crippen LogP contribution in [0, 0.1) is 11.8 Å². The van der Waals surface area contributed by atoms with Gasteiger partial charge < -0.3 is 4.74 Å². The molecule has 1 nitrogen and oxygen atoms in total. The predicted molar refractivity (Wildman–Crippen MR) is 80.5 cm³/mol. The van der Waals surface area contributed by atoms with E-state index in [1.165, 1.54) is 18.6 Å². The standard InChI is InChI=1S/C15H30OS/c1-6-8-10-13(3)14(4)12-16-15(5)17-11-9-7-2/h8,10,13-15H,6-7,9,11-12H2,1-5H3. The Balaban J connectivity index is 3.67. The fraction of sp³-hybridized carbons (Fsp3) is 0.867. The van der Waals surface area contributed by atoms with E-state index in [9.17, 15) is 0 Å². The van der Waals surface area contributed by atoms with Crippen molar-refractivity contribution in [2.75, 3.05) is 12.4 Å². The summed E-state index contributed by atoms with van der Waals surface area (Å²) in [4.78, 5) is 0. The molecule has 0 rings (SSSR count). The first kappa shape index (κ1) is 17.1. The fourth-order valence-corrected chi connectivity index (χ4v) is 2.38. The highest BCUT2D eigenvalue weighted by Gasteiger charge is 2.11. The number of ether oxygens (including phenoxy) is 1. The van der Waals surface area contributed by atoms with Gasteiger partial charge in [-0.1, -0.05) is 46.3 Å². The molecule has 0 aromatic rings. The molecule has 0 amide bonds. The van der Waals surface area contributed by atoms with Crippen molar-refractivity contribution in [3.8, 4) is 0 Å². The highest BCUT2D eigenvalue weighted by atomic mass is 32.2. The first-order chi connectivity index (χ1) is 8.11. The molecule has 0 aromatic heterocycles. The lowest BCUT2D eigenvalue weighted by Crippen LogP contribution is -2.16. The van der Waals surface area contributed by atoms with Crippen LogP contribution >= 0.6 is 11.8 Å². The molecule has 0 spiro atoms. The average Bonchev–Trinajstić information content (AvgIpc) is 2.33. The Labute approximate surface area is 112 Å². The molecular formula is C15H30OS. The smallest absolute Gasteiger partial charge is 0.0999 e. The summed E-state index contributed by atoms with van der Waals surface area (Å²) in [6, 6.07) is 0. The van der Waals surface area contributed by atoms with Crippen LogP contribution in [0.3, 0.4) is 0 Å². The lowest BCUT2D eigenvalue weighted by molar-refractivity contribution is 0.0848. The van der Waals surface area contributed by atoms with Gasteiger partial charge >= 0.3 is 0 Å². The molecule has 0 aromatic carbocycles. The highest BCUT2D eigenvalue weighted by molar-refractivity contribution is 7.99. The third kappa shape index (κ3) is 9.72. The van der Waals surface area contributed by atoms with E-state index in [1.807, 2.05) is 11.8 Å². The van der Waals surface area contributed by atoms with Crippen LogP contribution in [0.2, 0.25) is 0 Å². The Bertz CT molecular complexity index is 191. The van der Waals surface area contributed by atoms with E-state index in [2.05, 4.69) is 46.8 Å². The first-order valence-electron chi connectivity index (χ1n) is 7.01. The summed E-state index contributed by atoms with van der Waals surface area (Å²) in [6.45, 7) is 12.0. The molecule has 0 fully saturated rings. The fourth-order valence-electron chi connectivity index (χ4n) is 1.42. The van der Waals surface area contributed by atoms with Gasteiger partial charge in [-0.25, -0.2) is 0 Å². The number of allylic oxidation sites excluding steroid dienone is 2. The zero-order valence-electron chi connectivity index (χ0n) is 12.2. The van der Waals surface area contributed by atoms with Crippen LogP contribution in [0.15, 0.2) is 12.2 Å². The third-order valence-electron chi connectivity index (χ3n) is 3.02. The maximum absolute atomic E-state index is 5.88. The van der Waals surface area contributed by atoms with Gasteiger partial charge in [-0.05, 0) is 37.4 Å². The summed E-state index contributed by atoms with van der Waals surface area (Å²) in [7, 11) is 0. The van der Waals surface area contributed by atoms with Crippen LogP contribution in [0.5, 0.6) is 0 Å². The lowest BCUT2D eigenvalue weighted by Gasteiger charge is -2.20. The molecule has 0 saturated carbocycles. The Hall–Kier alpha value is 0.0500. The summed E-state index contributed by atoms with van der Waals surface area (Å²) in [6.07, 6.45) is 8.25. The van der Waals surface area contributed by atoms with Gasteiger partial charge in [0.2, 0.25) is 0 Å². The topological polar surface area (TPSA) is 9.23 Å². The second-order valence-corrected chi connectivity index (χ2v) is 6.20. The number of rotatable bonds is 10. The van der Waals surface area contributed by atoms with Crippen LogP contribution in [-0.2, 0) is 4.74 Å². The number of hydrogen-bond donors (Lipinski definition) is 0. The maximum atomic E-state index is 5.88. The molecule has 0 heterocycles. The number of hydrogen-bond acceptors (Lipinski definition) is 2. The van der Waals surface area contributed by atoms with Crippen molar-refractivity contribution in [3.05, 3.63) is 12.2 Å². The van der Waals surface area contributed by atoms with Crippen LogP contribution in [0.25, 0.3) is 0 Å². The minimum Gasteiger partial charge on any atom is -0.368 e. The summed E-state index contributed by atoms with van der Waals surface area (Å²) in [5, 5.41) is 0. The van der Waals surface area contributed by atoms with Gasteiger partial charge in [0.05, 0.1) is 12.0 Å². The third-order valence-corrected chi connectivity index (χ3v) is 4.15. The molecule has 0 aliphatic carbocycles. The molecule has 0 N–H and O–H groups in total. The Morgan fingerprint density at radius 3 is 2.47 bits per heavy atom. The molecule has 0 aliphatic heterocycles. The van der Waals surface area contributed by atoms with E-state index < -0.39 is 0 Å². The second-order valence-electron chi connectivity index (χ2n) is 4.80. The molecule has 0 aliphatic rings. The first-order valence-corrected chi connectivity index (χ1v) is 8.06. The molecule has 0 saturated heterocycles. The van der Waals surface area contributed by atoms with Gasteiger partial charge in [-0.2, -0.15) is 0 Å². The Morgan fingerprint density at radius 1 is 1.18 bits per heavy atom.